The van der Waals surface area contributed by atoms with E-state index < -0.39 is 0 Å². The first-order valence-electron chi connectivity index (χ1n) is 10.8. The number of nitrogens with zero attached hydrogens (tertiary/aromatic N) is 3. The van der Waals surface area contributed by atoms with Gasteiger partial charge in [0, 0.05) is 38.6 Å². The average molecular weight is 504 g/mol. The second-order valence-corrected chi connectivity index (χ2v) is 10.4. The van der Waals surface area contributed by atoms with Gasteiger partial charge in [0.1, 0.15) is 16.2 Å². The SMILES string of the molecule is Cc1ccc(-n2c(C)cc(C(=O)CSc3ncnc4scc(-c5ccc(Cl)cc5)c34)c2C)cc1. The lowest BCUT2D eigenvalue weighted by atomic mass is 10.1. The molecule has 0 radical (unpaired) electrons. The topological polar surface area (TPSA) is 47.8 Å². The Hall–Kier alpha value is -2.93. The van der Waals surface area contributed by atoms with E-state index in [0.29, 0.717) is 10.8 Å². The van der Waals surface area contributed by atoms with Crippen molar-refractivity contribution in [3.63, 3.8) is 0 Å². The van der Waals surface area contributed by atoms with Crippen LogP contribution in [0.25, 0.3) is 27.0 Å². The summed E-state index contributed by atoms with van der Waals surface area (Å²) in [5.74, 6) is 0.395. The van der Waals surface area contributed by atoms with Crippen LogP contribution in [-0.4, -0.2) is 26.1 Å². The van der Waals surface area contributed by atoms with E-state index in [0.717, 1.165) is 49.0 Å². The molecule has 3 heterocycles. The molecule has 7 heteroatoms. The minimum Gasteiger partial charge on any atom is -0.318 e. The summed E-state index contributed by atoms with van der Waals surface area (Å²) in [6.45, 7) is 6.11. The molecular weight excluding hydrogens is 482 g/mol. The highest BCUT2D eigenvalue weighted by Crippen LogP contribution is 2.38. The van der Waals surface area contributed by atoms with Gasteiger partial charge in [-0.2, -0.15) is 0 Å². The van der Waals surface area contributed by atoms with Crippen LogP contribution in [0, 0.1) is 20.8 Å². The molecule has 0 bridgehead atoms. The van der Waals surface area contributed by atoms with Crippen LogP contribution in [0.5, 0.6) is 0 Å². The number of Topliss-reactive ketones (excluding diaryl/α,β-unsaturated/α-hetero) is 1. The second-order valence-electron chi connectivity index (χ2n) is 8.18. The number of carbonyl (C=O) groups excluding carboxylic acids is 1. The molecule has 5 aromatic rings. The molecule has 0 aliphatic carbocycles. The quantitative estimate of drug-likeness (QED) is 0.135. The molecule has 4 nitrogen and oxygen atoms in total. The number of hydrogen-bond acceptors (Lipinski definition) is 5. The Kier molecular flexibility index (Phi) is 6.30. The highest BCUT2D eigenvalue weighted by atomic mass is 35.5. The Bertz CT molecular complexity index is 1500. The van der Waals surface area contributed by atoms with Crippen LogP contribution in [-0.2, 0) is 0 Å². The molecular formula is C27H22ClN3OS2. The van der Waals surface area contributed by atoms with E-state index in [1.165, 1.54) is 17.3 Å². The molecule has 0 aliphatic rings. The summed E-state index contributed by atoms with van der Waals surface area (Å²) in [6, 6.07) is 18.1. The van der Waals surface area contributed by atoms with Gasteiger partial charge in [-0.05, 0) is 56.7 Å². The summed E-state index contributed by atoms with van der Waals surface area (Å²) < 4.78 is 2.14. The Morgan fingerprint density at radius 1 is 1.03 bits per heavy atom. The first-order valence-corrected chi connectivity index (χ1v) is 13.1. The number of thioether (sulfide) groups is 1. The van der Waals surface area contributed by atoms with E-state index in [1.807, 2.05) is 44.2 Å². The lowest BCUT2D eigenvalue weighted by Gasteiger charge is -2.10. The van der Waals surface area contributed by atoms with Crippen LogP contribution in [0.4, 0.5) is 0 Å². The van der Waals surface area contributed by atoms with Crippen molar-refractivity contribution in [2.24, 2.45) is 0 Å². The normalized spacial score (nSPS) is 11.3. The van der Waals surface area contributed by atoms with Crippen molar-refractivity contribution in [1.29, 1.82) is 0 Å². The van der Waals surface area contributed by atoms with Gasteiger partial charge in [-0.1, -0.05) is 53.2 Å². The van der Waals surface area contributed by atoms with Crippen molar-refractivity contribution in [3.8, 4) is 16.8 Å². The third-order valence-electron chi connectivity index (χ3n) is 5.85. The molecule has 2 aromatic carbocycles. The molecule has 0 amide bonds. The molecule has 170 valence electrons. The molecule has 0 aliphatic heterocycles. The maximum Gasteiger partial charge on any atom is 0.174 e. The van der Waals surface area contributed by atoms with E-state index in [4.69, 9.17) is 11.6 Å². The number of halogens is 1. The molecule has 0 saturated carbocycles. The van der Waals surface area contributed by atoms with Gasteiger partial charge in [0.05, 0.1) is 11.1 Å². The number of aromatic nitrogens is 3. The predicted molar refractivity (Wildman–Crippen MR) is 143 cm³/mol. The zero-order valence-corrected chi connectivity index (χ0v) is 21.4. The van der Waals surface area contributed by atoms with Crippen LogP contribution in [0.2, 0.25) is 5.02 Å². The Morgan fingerprint density at radius 3 is 2.50 bits per heavy atom. The van der Waals surface area contributed by atoms with E-state index >= 15 is 0 Å². The third-order valence-corrected chi connectivity index (χ3v) is 7.98. The van der Waals surface area contributed by atoms with Gasteiger partial charge in [0.15, 0.2) is 5.78 Å². The van der Waals surface area contributed by atoms with Crippen LogP contribution in [0.1, 0.15) is 27.3 Å². The van der Waals surface area contributed by atoms with Gasteiger partial charge >= 0.3 is 0 Å². The number of ketones is 1. The molecule has 34 heavy (non-hydrogen) atoms. The van der Waals surface area contributed by atoms with Crippen LogP contribution < -0.4 is 0 Å². The number of thiophene rings is 1. The zero-order chi connectivity index (χ0) is 23.8. The Morgan fingerprint density at radius 2 is 1.76 bits per heavy atom. The number of aryl methyl sites for hydroxylation is 2. The largest absolute Gasteiger partial charge is 0.318 e. The number of fused-ring (bicyclic) bond motifs is 1. The highest BCUT2D eigenvalue weighted by Gasteiger charge is 2.19. The highest BCUT2D eigenvalue weighted by molar-refractivity contribution is 8.00. The first kappa shape index (κ1) is 22.8. The van der Waals surface area contributed by atoms with Crippen LogP contribution in [0.3, 0.4) is 0 Å². The minimum atomic E-state index is 0.0893. The van der Waals surface area contributed by atoms with Gasteiger partial charge in [-0.15, -0.1) is 11.3 Å². The van der Waals surface area contributed by atoms with Gasteiger partial charge in [-0.25, -0.2) is 9.97 Å². The van der Waals surface area contributed by atoms with Crippen molar-refractivity contribution in [2.45, 2.75) is 25.8 Å². The monoisotopic (exact) mass is 503 g/mol. The number of benzene rings is 2. The summed E-state index contributed by atoms with van der Waals surface area (Å²) in [7, 11) is 0. The summed E-state index contributed by atoms with van der Waals surface area (Å²) in [6.07, 6.45) is 1.57. The summed E-state index contributed by atoms with van der Waals surface area (Å²) in [5.41, 5.74) is 7.14. The molecule has 0 saturated heterocycles. The van der Waals surface area contributed by atoms with Crippen molar-refractivity contribution < 1.29 is 4.79 Å². The standard InChI is InChI=1S/C27H22ClN3OS2/c1-16-4-10-21(11-5-16)31-17(2)12-22(18(31)3)24(32)14-34-27-25-23(13-33-26(25)29-15-30-27)19-6-8-20(28)9-7-19/h4-13,15H,14H2,1-3H3. The summed E-state index contributed by atoms with van der Waals surface area (Å²) in [5, 5.41) is 4.58. The molecule has 0 fully saturated rings. The van der Waals surface area contributed by atoms with Gasteiger partial charge in [-0.3, -0.25) is 4.79 Å². The lowest BCUT2D eigenvalue weighted by molar-refractivity contribution is 0.102. The third kappa shape index (κ3) is 4.29. The van der Waals surface area contributed by atoms with Crippen molar-refractivity contribution in [2.75, 3.05) is 5.75 Å². The number of carbonyl (C=O) groups is 1. The van der Waals surface area contributed by atoms with E-state index in [2.05, 4.69) is 51.1 Å². The van der Waals surface area contributed by atoms with E-state index in [9.17, 15) is 4.79 Å². The molecule has 0 spiro atoms. The van der Waals surface area contributed by atoms with Crippen molar-refractivity contribution in [3.05, 3.63) is 93.8 Å². The Balaban J connectivity index is 1.43. The molecule has 0 N–H and O–H groups in total. The minimum absolute atomic E-state index is 0.0893. The van der Waals surface area contributed by atoms with Gasteiger partial charge in [0.2, 0.25) is 0 Å². The lowest BCUT2D eigenvalue weighted by Crippen LogP contribution is -2.06. The van der Waals surface area contributed by atoms with E-state index in [-0.39, 0.29) is 5.78 Å². The maximum absolute atomic E-state index is 13.3. The number of hydrogen-bond donors (Lipinski definition) is 0. The van der Waals surface area contributed by atoms with E-state index in [1.54, 1.807) is 17.7 Å². The average Bonchev–Trinajstić information content (AvgIpc) is 3.40. The molecule has 5 rings (SSSR count). The fourth-order valence-electron chi connectivity index (χ4n) is 4.15. The smallest absolute Gasteiger partial charge is 0.174 e. The molecule has 0 atom stereocenters. The first-order chi connectivity index (χ1) is 16.4. The number of rotatable bonds is 6. The predicted octanol–water partition coefficient (Wildman–Crippen LogP) is 7.70. The molecule has 3 aromatic heterocycles. The van der Waals surface area contributed by atoms with Crippen molar-refractivity contribution >= 4 is 50.7 Å². The van der Waals surface area contributed by atoms with Gasteiger partial charge in [0.25, 0.3) is 0 Å². The maximum atomic E-state index is 13.3. The van der Waals surface area contributed by atoms with Gasteiger partial charge < -0.3 is 4.57 Å². The Labute approximate surface area is 211 Å². The summed E-state index contributed by atoms with van der Waals surface area (Å²) >= 11 is 9.11. The van der Waals surface area contributed by atoms with Crippen LogP contribution in [0.15, 0.2) is 71.3 Å². The zero-order valence-electron chi connectivity index (χ0n) is 19.0. The summed E-state index contributed by atoms with van der Waals surface area (Å²) in [4.78, 5) is 23.1. The fourth-order valence-corrected chi connectivity index (χ4v) is 6.15. The molecule has 0 unspecified atom stereocenters. The van der Waals surface area contributed by atoms with Crippen LogP contribution >= 0.6 is 34.7 Å². The second kappa shape index (κ2) is 9.37. The fraction of sp³-hybridized carbons (Fsp3) is 0.148. The van der Waals surface area contributed by atoms with Crippen molar-refractivity contribution in [1.82, 2.24) is 14.5 Å².